The minimum absolute atomic E-state index is 0.0678. The number of carboxylic acid groups (broad SMARTS) is 1. The summed E-state index contributed by atoms with van der Waals surface area (Å²) in [5, 5.41) is 8.98. The Kier molecular flexibility index (Phi) is 3.34. The van der Waals surface area contributed by atoms with Crippen molar-refractivity contribution in [3.05, 3.63) is 0 Å². The van der Waals surface area contributed by atoms with Gasteiger partial charge in [-0.1, -0.05) is 13.8 Å². The van der Waals surface area contributed by atoms with E-state index in [0.717, 1.165) is 0 Å². The molecule has 0 aromatic heterocycles. The van der Waals surface area contributed by atoms with Crippen LogP contribution in [0.2, 0.25) is 0 Å². The van der Waals surface area contributed by atoms with Gasteiger partial charge >= 0.3 is 5.97 Å². The highest BCUT2D eigenvalue weighted by atomic mass is 16.5. The molecule has 0 spiro atoms. The second-order valence-electron chi connectivity index (χ2n) is 4.68. The Morgan fingerprint density at radius 3 is 2.53 bits per heavy atom. The monoisotopic (exact) mass is 215 g/mol. The van der Waals surface area contributed by atoms with Crippen LogP contribution in [0, 0.1) is 5.41 Å². The maximum Gasteiger partial charge on any atom is 0.328 e. The van der Waals surface area contributed by atoms with Gasteiger partial charge in [-0.2, -0.15) is 0 Å². The molecule has 0 aromatic carbocycles. The summed E-state index contributed by atoms with van der Waals surface area (Å²) in [6.45, 7) is 6.25. The van der Waals surface area contributed by atoms with Gasteiger partial charge in [-0.3, -0.25) is 4.79 Å². The second-order valence-corrected chi connectivity index (χ2v) is 4.68. The molecule has 1 fully saturated rings. The van der Waals surface area contributed by atoms with Gasteiger partial charge in [-0.15, -0.1) is 0 Å². The number of carbonyl (C=O) groups excluding carboxylic acids is 1. The molecule has 5 nitrogen and oxygen atoms in total. The fraction of sp³-hybridized carbons (Fsp3) is 0.800. The van der Waals surface area contributed by atoms with E-state index in [9.17, 15) is 9.59 Å². The molecule has 1 saturated heterocycles. The first-order valence-electron chi connectivity index (χ1n) is 4.91. The van der Waals surface area contributed by atoms with Crippen molar-refractivity contribution in [2.75, 3.05) is 19.8 Å². The van der Waals surface area contributed by atoms with E-state index in [-0.39, 0.29) is 17.9 Å². The molecular formula is C10H17NO4. The molecule has 1 amide bonds. The quantitative estimate of drug-likeness (QED) is 0.685. The number of ether oxygens (including phenoxy) is 1. The van der Waals surface area contributed by atoms with Crippen molar-refractivity contribution in [1.29, 1.82) is 0 Å². The highest BCUT2D eigenvalue weighted by Crippen LogP contribution is 2.22. The summed E-state index contributed by atoms with van der Waals surface area (Å²) in [5.41, 5.74) is -0.199. The Bertz CT molecular complexity index is 275. The molecule has 1 aliphatic rings. The van der Waals surface area contributed by atoms with Gasteiger partial charge in [-0.25, -0.2) is 4.79 Å². The second kappa shape index (κ2) is 4.18. The van der Waals surface area contributed by atoms with Gasteiger partial charge in [0.15, 0.2) is 6.04 Å². The molecule has 0 radical (unpaired) electrons. The summed E-state index contributed by atoms with van der Waals surface area (Å²) in [6.07, 6.45) is 0. The molecule has 1 aliphatic heterocycles. The van der Waals surface area contributed by atoms with E-state index in [1.54, 1.807) is 0 Å². The lowest BCUT2D eigenvalue weighted by Crippen LogP contribution is -2.48. The largest absolute Gasteiger partial charge is 0.480 e. The van der Waals surface area contributed by atoms with Gasteiger partial charge in [0.25, 0.3) is 0 Å². The standard InChI is InChI=1S/C10H17NO4/c1-7(12)11-5-10(2,3)6-15-4-8(11)9(13)14/h8H,4-6H2,1-3H3,(H,13,14). The third kappa shape index (κ3) is 2.92. The maximum atomic E-state index is 11.4. The average molecular weight is 215 g/mol. The predicted octanol–water partition coefficient (Wildman–Crippen LogP) is 0.344. The Morgan fingerprint density at radius 1 is 1.47 bits per heavy atom. The molecule has 1 rings (SSSR count). The van der Waals surface area contributed by atoms with Crippen LogP contribution in [0.4, 0.5) is 0 Å². The van der Waals surface area contributed by atoms with Gasteiger partial charge in [0.05, 0.1) is 13.2 Å². The summed E-state index contributed by atoms with van der Waals surface area (Å²) < 4.78 is 5.29. The van der Waals surface area contributed by atoms with Crippen molar-refractivity contribution >= 4 is 11.9 Å². The van der Waals surface area contributed by atoms with E-state index >= 15 is 0 Å². The van der Waals surface area contributed by atoms with Crippen LogP contribution in [0.5, 0.6) is 0 Å². The fourth-order valence-electron chi connectivity index (χ4n) is 1.69. The zero-order chi connectivity index (χ0) is 11.6. The van der Waals surface area contributed by atoms with Crippen molar-refractivity contribution in [1.82, 2.24) is 4.90 Å². The number of hydrogen-bond acceptors (Lipinski definition) is 3. The molecule has 1 heterocycles. The number of rotatable bonds is 1. The fourth-order valence-corrected chi connectivity index (χ4v) is 1.69. The van der Waals surface area contributed by atoms with Crippen LogP contribution < -0.4 is 0 Å². The van der Waals surface area contributed by atoms with Crippen LogP contribution in [-0.4, -0.2) is 47.7 Å². The molecule has 0 saturated carbocycles. The average Bonchev–Trinajstić information content (AvgIpc) is 2.23. The summed E-state index contributed by atoms with van der Waals surface area (Å²) in [5.74, 6) is -1.23. The van der Waals surface area contributed by atoms with Gasteiger partial charge in [-0.05, 0) is 0 Å². The topological polar surface area (TPSA) is 66.8 Å². The van der Waals surface area contributed by atoms with Gasteiger partial charge in [0.2, 0.25) is 5.91 Å². The molecular weight excluding hydrogens is 198 g/mol. The maximum absolute atomic E-state index is 11.4. The van der Waals surface area contributed by atoms with Gasteiger partial charge in [0.1, 0.15) is 0 Å². The van der Waals surface area contributed by atoms with Crippen molar-refractivity contribution in [3.8, 4) is 0 Å². The number of amides is 1. The van der Waals surface area contributed by atoms with Crippen LogP contribution >= 0.6 is 0 Å². The molecule has 0 aliphatic carbocycles. The predicted molar refractivity (Wildman–Crippen MR) is 53.4 cm³/mol. The number of nitrogens with zero attached hydrogens (tertiary/aromatic N) is 1. The Hall–Kier alpha value is -1.10. The minimum Gasteiger partial charge on any atom is -0.480 e. The Labute approximate surface area is 89.0 Å². The van der Waals surface area contributed by atoms with E-state index in [2.05, 4.69) is 0 Å². The third-order valence-electron chi connectivity index (χ3n) is 2.43. The van der Waals surface area contributed by atoms with Gasteiger partial charge in [0, 0.05) is 18.9 Å². The van der Waals surface area contributed by atoms with Crippen molar-refractivity contribution in [3.63, 3.8) is 0 Å². The van der Waals surface area contributed by atoms with E-state index in [0.29, 0.717) is 13.2 Å². The Morgan fingerprint density at radius 2 is 2.07 bits per heavy atom. The van der Waals surface area contributed by atoms with Crippen molar-refractivity contribution < 1.29 is 19.4 Å². The first kappa shape index (κ1) is 12.0. The zero-order valence-electron chi connectivity index (χ0n) is 9.32. The summed E-state index contributed by atoms with van der Waals surface area (Å²) in [4.78, 5) is 23.7. The highest BCUT2D eigenvalue weighted by molar-refractivity contribution is 5.82. The number of hydrogen-bond donors (Lipinski definition) is 1. The molecule has 0 aromatic rings. The lowest BCUT2D eigenvalue weighted by molar-refractivity contribution is -0.150. The van der Waals surface area contributed by atoms with E-state index in [1.807, 2.05) is 13.8 Å². The Balaban J connectivity index is 2.89. The molecule has 1 unspecified atom stereocenters. The number of carbonyl (C=O) groups is 2. The SMILES string of the molecule is CC(=O)N1CC(C)(C)COCC1C(=O)O. The minimum atomic E-state index is -1.01. The van der Waals surface area contributed by atoms with Crippen LogP contribution in [0.3, 0.4) is 0 Å². The lowest BCUT2D eigenvalue weighted by Gasteiger charge is -2.30. The van der Waals surface area contributed by atoms with E-state index < -0.39 is 12.0 Å². The van der Waals surface area contributed by atoms with Gasteiger partial charge < -0.3 is 14.7 Å². The normalized spacial score (nSPS) is 25.8. The van der Waals surface area contributed by atoms with Crippen LogP contribution in [0.1, 0.15) is 20.8 Å². The summed E-state index contributed by atoms with van der Waals surface area (Å²) in [7, 11) is 0. The van der Waals surface area contributed by atoms with Crippen LogP contribution in [-0.2, 0) is 14.3 Å². The molecule has 0 bridgehead atoms. The highest BCUT2D eigenvalue weighted by Gasteiger charge is 2.36. The summed E-state index contributed by atoms with van der Waals surface area (Å²) in [6, 6.07) is -0.857. The molecule has 5 heteroatoms. The van der Waals surface area contributed by atoms with Crippen molar-refractivity contribution in [2.24, 2.45) is 5.41 Å². The molecule has 1 N–H and O–H groups in total. The molecule has 1 atom stereocenters. The first-order valence-corrected chi connectivity index (χ1v) is 4.91. The first-order chi connectivity index (χ1) is 6.83. The number of carboxylic acids is 1. The molecule has 15 heavy (non-hydrogen) atoms. The van der Waals surface area contributed by atoms with Crippen molar-refractivity contribution in [2.45, 2.75) is 26.8 Å². The van der Waals surface area contributed by atoms with E-state index in [4.69, 9.17) is 9.84 Å². The molecule has 86 valence electrons. The lowest BCUT2D eigenvalue weighted by atomic mass is 9.94. The van der Waals surface area contributed by atoms with E-state index in [1.165, 1.54) is 11.8 Å². The van der Waals surface area contributed by atoms with Crippen LogP contribution in [0.25, 0.3) is 0 Å². The summed E-state index contributed by atoms with van der Waals surface area (Å²) >= 11 is 0. The zero-order valence-corrected chi connectivity index (χ0v) is 9.32. The third-order valence-corrected chi connectivity index (χ3v) is 2.43. The smallest absolute Gasteiger partial charge is 0.328 e. The number of aliphatic carboxylic acids is 1. The van der Waals surface area contributed by atoms with Crippen LogP contribution in [0.15, 0.2) is 0 Å².